The Morgan fingerprint density at radius 2 is 1.55 bits per heavy atom. The number of hydrogen-bond donors (Lipinski definition) is 1. The van der Waals surface area contributed by atoms with Gasteiger partial charge in [0.1, 0.15) is 12.6 Å². The number of amides is 2. The van der Waals surface area contributed by atoms with E-state index in [-0.39, 0.29) is 38.1 Å². The predicted molar refractivity (Wildman–Crippen MR) is 162 cm³/mol. The zero-order chi connectivity index (χ0) is 29.6. The molecule has 3 aromatic carbocycles. The largest absolute Gasteiger partial charge is 0.354 e. The molecular formula is C28H29Cl4N3O4S. The van der Waals surface area contributed by atoms with Crippen molar-refractivity contribution < 1.29 is 18.0 Å². The molecule has 0 unspecified atom stereocenters. The van der Waals surface area contributed by atoms with Crippen molar-refractivity contribution >= 4 is 73.9 Å². The summed E-state index contributed by atoms with van der Waals surface area (Å²) in [7, 11) is -4.28. The molecule has 0 aromatic heterocycles. The van der Waals surface area contributed by atoms with Gasteiger partial charge in [-0.3, -0.25) is 13.9 Å². The Hall–Kier alpha value is -2.49. The molecule has 40 heavy (non-hydrogen) atoms. The second-order valence-corrected chi connectivity index (χ2v) is 12.7. The van der Waals surface area contributed by atoms with Crippen LogP contribution in [-0.4, -0.2) is 44.3 Å². The maximum atomic E-state index is 13.9. The summed E-state index contributed by atoms with van der Waals surface area (Å²) in [5, 5.41) is 3.72. The smallest absolute Gasteiger partial charge is 0.264 e. The zero-order valence-corrected chi connectivity index (χ0v) is 26.0. The van der Waals surface area contributed by atoms with Crippen molar-refractivity contribution in [1.29, 1.82) is 0 Å². The van der Waals surface area contributed by atoms with Gasteiger partial charge in [-0.25, -0.2) is 8.42 Å². The number of anilines is 1. The SMILES string of the molecule is CCCNC(=O)[C@@H](C)N(Cc1ccc(Cl)c(Cl)c1)C(=O)CN(c1cc(Cl)ccc1Cl)S(=O)(=O)c1ccc(C)cc1. The van der Waals surface area contributed by atoms with Crippen molar-refractivity contribution in [2.45, 2.75) is 44.7 Å². The Kier molecular flexibility index (Phi) is 11.1. The van der Waals surface area contributed by atoms with Gasteiger partial charge in [0.05, 0.1) is 25.7 Å². The van der Waals surface area contributed by atoms with Gasteiger partial charge in [0, 0.05) is 18.1 Å². The Balaban J connectivity index is 2.07. The molecule has 0 radical (unpaired) electrons. The molecule has 0 heterocycles. The number of halogens is 4. The highest BCUT2D eigenvalue weighted by Crippen LogP contribution is 2.33. The van der Waals surface area contributed by atoms with E-state index in [0.29, 0.717) is 23.6 Å². The number of aryl methyl sites for hydroxylation is 1. The fraction of sp³-hybridized carbons (Fsp3) is 0.286. The van der Waals surface area contributed by atoms with Crippen LogP contribution < -0.4 is 9.62 Å². The standard InChI is InChI=1S/C28H29Cl4N3O4S/c1-4-13-33-28(37)19(3)34(16-20-7-11-23(30)25(32)14-20)27(36)17-35(26-15-21(29)8-12-24(26)31)40(38,39)22-9-5-18(2)6-10-22/h5-12,14-15,19H,4,13,16-17H2,1-3H3,(H,33,37)/t19-/m1/s1. The minimum Gasteiger partial charge on any atom is -0.354 e. The minimum absolute atomic E-state index is 0.0284. The summed E-state index contributed by atoms with van der Waals surface area (Å²) in [6, 6.07) is 14.5. The molecule has 0 saturated heterocycles. The molecule has 2 amide bonds. The van der Waals surface area contributed by atoms with Crippen LogP contribution in [0.5, 0.6) is 0 Å². The molecule has 12 heteroatoms. The Labute approximate surface area is 255 Å². The first-order valence-electron chi connectivity index (χ1n) is 12.4. The molecular weight excluding hydrogens is 616 g/mol. The van der Waals surface area contributed by atoms with Gasteiger partial charge in [-0.1, -0.05) is 77.1 Å². The van der Waals surface area contributed by atoms with E-state index in [9.17, 15) is 18.0 Å². The van der Waals surface area contributed by atoms with E-state index in [1.807, 2.05) is 13.8 Å². The quantitative estimate of drug-likeness (QED) is 0.250. The summed E-state index contributed by atoms with van der Waals surface area (Å²) < 4.78 is 28.7. The number of hydrogen-bond acceptors (Lipinski definition) is 4. The Morgan fingerprint density at radius 1 is 0.900 bits per heavy atom. The summed E-state index contributed by atoms with van der Waals surface area (Å²) in [6.45, 7) is 5.06. The van der Waals surface area contributed by atoms with E-state index in [0.717, 1.165) is 9.87 Å². The molecule has 3 aromatic rings. The van der Waals surface area contributed by atoms with Crippen LogP contribution in [0.4, 0.5) is 5.69 Å². The summed E-state index contributed by atoms with van der Waals surface area (Å²) in [5.74, 6) is -1.03. The lowest BCUT2D eigenvalue weighted by molar-refractivity contribution is -0.139. The predicted octanol–water partition coefficient (Wildman–Crippen LogP) is 6.75. The molecule has 0 aliphatic rings. The van der Waals surface area contributed by atoms with Crippen molar-refractivity contribution in [3.8, 4) is 0 Å². The highest BCUT2D eigenvalue weighted by atomic mass is 35.5. The Bertz CT molecular complexity index is 1480. The van der Waals surface area contributed by atoms with Crippen LogP contribution in [0.1, 0.15) is 31.4 Å². The van der Waals surface area contributed by atoms with Gasteiger partial charge in [0.15, 0.2) is 0 Å². The summed E-state index contributed by atoms with van der Waals surface area (Å²) in [6.07, 6.45) is 0.703. The summed E-state index contributed by atoms with van der Waals surface area (Å²) in [4.78, 5) is 28.1. The van der Waals surface area contributed by atoms with Crippen molar-refractivity contribution in [2.24, 2.45) is 0 Å². The average molecular weight is 645 g/mol. The topological polar surface area (TPSA) is 86.8 Å². The van der Waals surface area contributed by atoms with E-state index < -0.39 is 28.5 Å². The van der Waals surface area contributed by atoms with Gasteiger partial charge in [-0.2, -0.15) is 0 Å². The molecule has 0 aliphatic heterocycles. The fourth-order valence-corrected chi connectivity index (χ4v) is 6.02. The third-order valence-corrected chi connectivity index (χ3v) is 9.19. The molecule has 3 rings (SSSR count). The third kappa shape index (κ3) is 7.83. The lowest BCUT2D eigenvalue weighted by Crippen LogP contribution is -2.51. The lowest BCUT2D eigenvalue weighted by atomic mass is 10.1. The number of benzene rings is 3. The highest BCUT2D eigenvalue weighted by molar-refractivity contribution is 7.92. The number of nitrogens with zero attached hydrogens (tertiary/aromatic N) is 2. The van der Waals surface area contributed by atoms with E-state index in [2.05, 4.69) is 5.32 Å². The van der Waals surface area contributed by atoms with E-state index >= 15 is 0 Å². The molecule has 0 spiro atoms. The first kappa shape index (κ1) is 32.0. The van der Waals surface area contributed by atoms with Crippen LogP contribution in [0.3, 0.4) is 0 Å². The molecule has 1 N–H and O–H groups in total. The number of carbonyl (C=O) groups excluding carboxylic acids is 2. The van der Waals surface area contributed by atoms with Crippen LogP contribution >= 0.6 is 46.4 Å². The maximum Gasteiger partial charge on any atom is 0.264 e. The first-order valence-corrected chi connectivity index (χ1v) is 15.4. The highest BCUT2D eigenvalue weighted by Gasteiger charge is 2.33. The van der Waals surface area contributed by atoms with E-state index in [1.165, 1.54) is 35.2 Å². The number of rotatable bonds is 11. The maximum absolute atomic E-state index is 13.9. The number of nitrogens with one attached hydrogen (secondary N) is 1. The third-order valence-electron chi connectivity index (χ3n) is 6.12. The van der Waals surface area contributed by atoms with Crippen LogP contribution in [-0.2, 0) is 26.2 Å². The monoisotopic (exact) mass is 643 g/mol. The molecule has 214 valence electrons. The van der Waals surface area contributed by atoms with Crippen LogP contribution in [0.2, 0.25) is 20.1 Å². The van der Waals surface area contributed by atoms with Gasteiger partial charge in [0.2, 0.25) is 11.8 Å². The van der Waals surface area contributed by atoms with Gasteiger partial charge in [-0.05, 0) is 68.3 Å². The Morgan fingerprint density at radius 3 is 2.17 bits per heavy atom. The van der Waals surface area contributed by atoms with Crippen LogP contribution in [0, 0.1) is 6.92 Å². The summed E-state index contributed by atoms with van der Waals surface area (Å²) in [5.41, 5.74) is 1.49. The second kappa shape index (κ2) is 13.9. The van der Waals surface area contributed by atoms with Gasteiger partial charge < -0.3 is 10.2 Å². The lowest BCUT2D eigenvalue weighted by Gasteiger charge is -2.32. The molecule has 1 atom stereocenters. The average Bonchev–Trinajstić information content (AvgIpc) is 2.92. The molecule has 7 nitrogen and oxygen atoms in total. The normalized spacial score (nSPS) is 12.1. The van der Waals surface area contributed by atoms with Crippen molar-refractivity contribution in [1.82, 2.24) is 10.2 Å². The van der Waals surface area contributed by atoms with E-state index in [1.54, 1.807) is 37.3 Å². The van der Waals surface area contributed by atoms with Gasteiger partial charge in [-0.15, -0.1) is 0 Å². The van der Waals surface area contributed by atoms with Crippen molar-refractivity contribution in [3.05, 3.63) is 91.9 Å². The van der Waals surface area contributed by atoms with Crippen LogP contribution in [0.15, 0.2) is 65.6 Å². The summed E-state index contributed by atoms with van der Waals surface area (Å²) >= 11 is 24.9. The van der Waals surface area contributed by atoms with Gasteiger partial charge >= 0.3 is 0 Å². The molecule has 0 fully saturated rings. The first-order chi connectivity index (χ1) is 18.8. The van der Waals surface area contributed by atoms with Crippen molar-refractivity contribution in [3.63, 3.8) is 0 Å². The number of carbonyl (C=O) groups is 2. The number of sulfonamides is 1. The molecule has 0 saturated carbocycles. The van der Waals surface area contributed by atoms with Crippen LogP contribution in [0.25, 0.3) is 0 Å². The zero-order valence-electron chi connectivity index (χ0n) is 22.1. The minimum atomic E-state index is -4.28. The van der Waals surface area contributed by atoms with Crippen molar-refractivity contribution in [2.75, 3.05) is 17.4 Å². The fourth-order valence-electron chi connectivity index (χ4n) is 3.84. The molecule has 0 aliphatic carbocycles. The van der Waals surface area contributed by atoms with Gasteiger partial charge in [0.25, 0.3) is 10.0 Å². The molecule has 0 bridgehead atoms. The second-order valence-electron chi connectivity index (χ2n) is 9.16. The van der Waals surface area contributed by atoms with E-state index in [4.69, 9.17) is 46.4 Å².